The summed E-state index contributed by atoms with van der Waals surface area (Å²) in [4.78, 5) is 8.00. The molecule has 0 bridgehead atoms. The van der Waals surface area contributed by atoms with Crippen molar-refractivity contribution in [1.82, 2.24) is 19.7 Å². The summed E-state index contributed by atoms with van der Waals surface area (Å²) in [5.74, 6) is -1.43. The van der Waals surface area contributed by atoms with Crippen LogP contribution < -0.4 is 0 Å². The predicted octanol–water partition coefficient (Wildman–Crippen LogP) is 4.07. The zero-order chi connectivity index (χ0) is 18.3. The molecular formula is C18H17ClF2N4O. The van der Waals surface area contributed by atoms with Crippen LogP contribution in [0.1, 0.15) is 35.8 Å². The number of hydrogen-bond acceptors (Lipinski definition) is 4. The third kappa shape index (κ3) is 3.05. The molecule has 0 N–H and O–H groups in total. The number of aromatic nitrogens is 4. The SMILES string of the molecule is COCCCn1ncc2c([C@@H]3C[C@H]3c3cnc(Cl)nc3)cc(F)c(F)c21. The van der Waals surface area contributed by atoms with Gasteiger partial charge >= 0.3 is 0 Å². The van der Waals surface area contributed by atoms with Gasteiger partial charge in [-0.3, -0.25) is 4.68 Å². The molecule has 8 heteroatoms. The minimum Gasteiger partial charge on any atom is -0.385 e. The van der Waals surface area contributed by atoms with Gasteiger partial charge in [-0.25, -0.2) is 18.7 Å². The highest BCUT2D eigenvalue weighted by molar-refractivity contribution is 6.28. The van der Waals surface area contributed by atoms with Gasteiger partial charge in [0.15, 0.2) is 11.6 Å². The van der Waals surface area contributed by atoms with Crippen LogP contribution in [0.4, 0.5) is 8.78 Å². The van der Waals surface area contributed by atoms with Crippen LogP contribution in [0.3, 0.4) is 0 Å². The van der Waals surface area contributed by atoms with Gasteiger partial charge in [0.2, 0.25) is 5.28 Å². The highest BCUT2D eigenvalue weighted by Gasteiger charge is 2.41. The molecule has 0 saturated heterocycles. The van der Waals surface area contributed by atoms with Gasteiger partial charge in [-0.05, 0) is 53.5 Å². The third-order valence-electron chi connectivity index (χ3n) is 4.83. The summed E-state index contributed by atoms with van der Waals surface area (Å²) < 4.78 is 35.2. The van der Waals surface area contributed by atoms with Gasteiger partial charge in [0.25, 0.3) is 0 Å². The number of nitrogens with zero attached hydrogens (tertiary/aromatic N) is 4. The summed E-state index contributed by atoms with van der Waals surface area (Å²) in [5.41, 5.74) is 1.94. The average Bonchev–Trinajstić information content (AvgIpc) is 3.31. The summed E-state index contributed by atoms with van der Waals surface area (Å²) in [6.45, 7) is 1.00. The molecule has 1 aliphatic rings. The fourth-order valence-corrected chi connectivity index (χ4v) is 3.57. The maximum atomic E-state index is 14.4. The molecule has 0 spiro atoms. The normalized spacial score (nSPS) is 19.2. The number of aryl methyl sites for hydroxylation is 1. The van der Waals surface area contributed by atoms with Crippen molar-refractivity contribution in [3.05, 3.63) is 52.7 Å². The molecule has 1 saturated carbocycles. The Kier molecular flexibility index (Phi) is 4.58. The topological polar surface area (TPSA) is 52.8 Å². The Morgan fingerprint density at radius 1 is 1.23 bits per heavy atom. The van der Waals surface area contributed by atoms with Crippen molar-refractivity contribution in [2.75, 3.05) is 13.7 Å². The molecule has 1 fully saturated rings. The molecule has 0 radical (unpaired) electrons. The summed E-state index contributed by atoms with van der Waals surface area (Å²) >= 11 is 5.73. The molecule has 26 heavy (non-hydrogen) atoms. The van der Waals surface area contributed by atoms with Crippen molar-refractivity contribution in [3.63, 3.8) is 0 Å². The Morgan fingerprint density at radius 2 is 2.00 bits per heavy atom. The van der Waals surface area contributed by atoms with Crippen LogP contribution in [-0.2, 0) is 11.3 Å². The first-order valence-electron chi connectivity index (χ1n) is 8.40. The lowest BCUT2D eigenvalue weighted by Crippen LogP contribution is -2.05. The van der Waals surface area contributed by atoms with E-state index in [1.54, 1.807) is 25.7 Å². The van der Waals surface area contributed by atoms with Gasteiger partial charge in [0, 0.05) is 38.0 Å². The van der Waals surface area contributed by atoms with E-state index >= 15 is 0 Å². The zero-order valence-electron chi connectivity index (χ0n) is 14.1. The maximum Gasteiger partial charge on any atom is 0.222 e. The Bertz CT molecular complexity index is 945. The molecule has 2 aromatic heterocycles. The summed E-state index contributed by atoms with van der Waals surface area (Å²) in [6.07, 6.45) is 6.50. The number of ether oxygens (including phenoxy) is 1. The first-order chi connectivity index (χ1) is 12.6. The number of benzene rings is 1. The monoisotopic (exact) mass is 378 g/mol. The van der Waals surface area contributed by atoms with Gasteiger partial charge in [-0.1, -0.05) is 0 Å². The van der Waals surface area contributed by atoms with E-state index in [0.717, 1.165) is 17.5 Å². The van der Waals surface area contributed by atoms with Crippen LogP contribution in [-0.4, -0.2) is 33.5 Å². The van der Waals surface area contributed by atoms with E-state index in [0.29, 0.717) is 25.0 Å². The van der Waals surface area contributed by atoms with Crippen molar-refractivity contribution in [1.29, 1.82) is 0 Å². The number of hydrogen-bond donors (Lipinski definition) is 0. The highest BCUT2D eigenvalue weighted by atomic mass is 35.5. The molecule has 4 rings (SSSR count). The number of fused-ring (bicyclic) bond motifs is 1. The van der Waals surface area contributed by atoms with Crippen LogP contribution in [0.15, 0.2) is 24.7 Å². The van der Waals surface area contributed by atoms with E-state index in [4.69, 9.17) is 16.3 Å². The lowest BCUT2D eigenvalue weighted by atomic mass is 10.0. The molecule has 5 nitrogen and oxygen atoms in total. The Balaban J connectivity index is 1.68. The van der Waals surface area contributed by atoms with Gasteiger partial charge in [0.1, 0.15) is 5.52 Å². The van der Waals surface area contributed by atoms with E-state index < -0.39 is 11.6 Å². The number of methoxy groups -OCH3 is 1. The third-order valence-corrected chi connectivity index (χ3v) is 5.02. The van der Waals surface area contributed by atoms with Crippen LogP contribution in [0.2, 0.25) is 5.28 Å². The molecule has 136 valence electrons. The first-order valence-corrected chi connectivity index (χ1v) is 8.77. The molecule has 2 atom stereocenters. The second-order valence-corrected chi connectivity index (χ2v) is 6.81. The molecule has 2 heterocycles. The van der Waals surface area contributed by atoms with Gasteiger partial charge in [-0.2, -0.15) is 5.10 Å². The summed E-state index contributed by atoms with van der Waals surface area (Å²) in [6, 6.07) is 1.29. The average molecular weight is 379 g/mol. The summed E-state index contributed by atoms with van der Waals surface area (Å²) in [5, 5.41) is 5.11. The van der Waals surface area contributed by atoms with Gasteiger partial charge in [-0.15, -0.1) is 0 Å². The molecule has 1 aromatic carbocycles. The quantitative estimate of drug-likeness (QED) is 0.479. The van der Waals surface area contributed by atoms with Crippen molar-refractivity contribution in [2.24, 2.45) is 0 Å². The van der Waals surface area contributed by atoms with Crippen LogP contribution in [0.5, 0.6) is 0 Å². The Labute approximate surface area is 154 Å². The maximum absolute atomic E-state index is 14.4. The van der Waals surface area contributed by atoms with Crippen LogP contribution in [0.25, 0.3) is 10.9 Å². The molecule has 0 aliphatic heterocycles. The minimum absolute atomic E-state index is 0.0917. The standard InChI is InChI=1S/C18H17ClF2N4O/c1-26-4-2-3-25-17-14(9-24-25)13(6-15(20)16(17)21)12-5-11(12)10-7-22-18(19)23-8-10/h6-9,11-12H,2-5H2,1H3/t11-,12+/m0/s1. The zero-order valence-corrected chi connectivity index (χ0v) is 14.9. The Morgan fingerprint density at radius 3 is 2.73 bits per heavy atom. The van der Waals surface area contributed by atoms with Crippen molar-refractivity contribution >= 4 is 22.5 Å². The Hall–Kier alpha value is -2.12. The second kappa shape index (κ2) is 6.89. The van der Waals surface area contributed by atoms with E-state index in [2.05, 4.69) is 15.1 Å². The molecule has 0 unspecified atom stereocenters. The predicted molar refractivity (Wildman–Crippen MR) is 93.3 cm³/mol. The van der Waals surface area contributed by atoms with Gasteiger partial charge < -0.3 is 4.74 Å². The fourth-order valence-electron chi connectivity index (χ4n) is 3.47. The van der Waals surface area contributed by atoms with Crippen molar-refractivity contribution in [2.45, 2.75) is 31.2 Å². The summed E-state index contributed by atoms with van der Waals surface area (Å²) in [7, 11) is 1.60. The number of halogens is 3. The lowest BCUT2D eigenvalue weighted by Gasteiger charge is -2.08. The van der Waals surface area contributed by atoms with Crippen LogP contribution >= 0.6 is 11.6 Å². The first kappa shape index (κ1) is 17.3. The molecule has 0 amide bonds. The van der Waals surface area contributed by atoms with Gasteiger partial charge in [0.05, 0.1) is 6.20 Å². The second-order valence-electron chi connectivity index (χ2n) is 6.47. The van der Waals surface area contributed by atoms with E-state index in [9.17, 15) is 8.78 Å². The molecule has 1 aliphatic carbocycles. The van der Waals surface area contributed by atoms with Crippen molar-refractivity contribution in [3.8, 4) is 0 Å². The minimum atomic E-state index is -0.856. The molecule has 3 aromatic rings. The number of rotatable bonds is 6. The largest absolute Gasteiger partial charge is 0.385 e. The smallest absolute Gasteiger partial charge is 0.222 e. The highest BCUT2D eigenvalue weighted by Crippen LogP contribution is 2.56. The van der Waals surface area contributed by atoms with Crippen molar-refractivity contribution < 1.29 is 13.5 Å². The van der Waals surface area contributed by atoms with E-state index in [1.807, 2.05) is 0 Å². The molecular weight excluding hydrogens is 362 g/mol. The van der Waals surface area contributed by atoms with E-state index in [-0.39, 0.29) is 22.6 Å². The van der Waals surface area contributed by atoms with E-state index in [1.165, 1.54) is 10.7 Å². The fraction of sp³-hybridized carbons (Fsp3) is 0.389. The lowest BCUT2D eigenvalue weighted by molar-refractivity contribution is 0.189. The van der Waals surface area contributed by atoms with Crippen LogP contribution in [0, 0.1) is 11.6 Å².